The van der Waals surface area contributed by atoms with Crippen LogP contribution in [0.2, 0.25) is 0 Å². The quantitative estimate of drug-likeness (QED) is 0.291. The fraction of sp³-hybridized carbons (Fsp3) is 0.619. The van der Waals surface area contributed by atoms with Gasteiger partial charge in [-0.25, -0.2) is 4.99 Å². The molecule has 1 aliphatic heterocycles. The van der Waals surface area contributed by atoms with Gasteiger partial charge in [-0.05, 0) is 38.7 Å². The van der Waals surface area contributed by atoms with Crippen molar-refractivity contribution in [2.45, 2.75) is 46.2 Å². The van der Waals surface area contributed by atoms with Crippen LogP contribution < -0.4 is 16.0 Å². The van der Waals surface area contributed by atoms with E-state index in [1.54, 1.807) is 0 Å². The number of aliphatic imine (C=N–C) groups is 1. The van der Waals surface area contributed by atoms with Crippen molar-refractivity contribution in [2.75, 3.05) is 32.7 Å². The second-order valence-corrected chi connectivity index (χ2v) is 7.56. The summed E-state index contributed by atoms with van der Waals surface area (Å²) in [6.45, 7) is 12.4. The topological polar surface area (TPSA) is 68.8 Å². The molecule has 6 nitrogen and oxygen atoms in total. The van der Waals surface area contributed by atoms with Gasteiger partial charge in [-0.15, -0.1) is 24.0 Å². The van der Waals surface area contributed by atoms with Gasteiger partial charge in [0, 0.05) is 38.3 Å². The minimum atomic E-state index is -0.0496. The number of likely N-dealkylation sites (tertiary alicyclic amines) is 1. The lowest BCUT2D eigenvalue weighted by atomic mass is 10.1. The summed E-state index contributed by atoms with van der Waals surface area (Å²) < 4.78 is 0. The number of hydrogen-bond donors (Lipinski definition) is 3. The molecule has 1 aromatic carbocycles. The van der Waals surface area contributed by atoms with Gasteiger partial charge in [0.25, 0.3) is 0 Å². The Balaban J connectivity index is 0.00000392. The van der Waals surface area contributed by atoms with Crippen LogP contribution in [0.5, 0.6) is 0 Å². The molecule has 0 saturated carbocycles. The van der Waals surface area contributed by atoms with Crippen molar-refractivity contribution in [1.29, 1.82) is 0 Å². The smallest absolute Gasteiger partial charge is 0.241 e. The van der Waals surface area contributed by atoms with Gasteiger partial charge in [-0.3, -0.25) is 9.69 Å². The van der Waals surface area contributed by atoms with E-state index in [0.29, 0.717) is 24.5 Å². The average molecular weight is 501 g/mol. The van der Waals surface area contributed by atoms with E-state index in [1.807, 2.05) is 25.1 Å². The number of carbonyl (C=O) groups excluding carboxylic acids is 1. The molecule has 28 heavy (non-hydrogen) atoms. The number of amides is 1. The maximum atomic E-state index is 12.1. The molecule has 1 fully saturated rings. The Morgan fingerprint density at radius 3 is 2.54 bits per heavy atom. The fourth-order valence-electron chi connectivity index (χ4n) is 3.31. The molecule has 0 bridgehead atoms. The summed E-state index contributed by atoms with van der Waals surface area (Å²) in [6.07, 6.45) is 0.833. The van der Waals surface area contributed by atoms with E-state index in [4.69, 9.17) is 0 Å². The number of benzene rings is 1. The van der Waals surface area contributed by atoms with Crippen molar-refractivity contribution in [3.8, 4) is 0 Å². The molecule has 1 saturated heterocycles. The molecule has 0 radical (unpaired) electrons. The molecular formula is C21H36IN5O. The molecule has 7 heteroatoms. The van der Waals surface area contributed by atoms with E-state index >= 15 is 0 Å². The van der Waals surface area contributed by atoms with Crippen LogP contribution in [0.25, 0.3) is 0 Å². The molecule has 3 N–H and O–H groups in total. The van der Waals surface area contributed by atoms with Crippen molar-refractivity contribution in [1.82, 2.24) is 20.9 Å². The van der Waals surface area contributed by atoms with Gasteiger partial charge in [0.2, 0.25) is 5.91 Å². The maximum Gasteiger partial charge on any atom is 0.241 e. The Morgan fingerprint density at radius 1 is 1.21 bits per heavy atom. The molecule has 1 aliphatic rings. The first kappa shape index (κ1) is 24.7. The van der Waals surface area contributed by atoms with Crippen LogP contribution in [0.1, 0.15) is 33.3 Å². The molecular weight excluding hydrogens is 465 g/mol. The van der Waals surface area contributed by atoms with Crippen LogP contribution >= 0.6 is 24.0 Å². The van der Waals surface area contributed by atoms with Crippen LogP contribution in [-0.2, 0) is 11.2 Å². The Labute approximate surface area is 187 Å². The summed E-state index contributed by atoms with van der Waals surface area (Å²) in [5.41, 5.74) is 1.22. The zero-order valence-corrected chi connectivity index (χ0v) is 19.9. The molecule has 2 rings (SSSR count). The SMILES string of the molecule is CCNC(=NCC(=O)NCCc1ccccc1)NC1CN(C(C)C)CC1C.I. The maximum absolute atomic E-state index is 12.1. The predicted octanol–water partition coefficient (Wildman–Crippen LogP) is 2.25. The van der Waals surface area contributed by atoms with Crippen molar-refractivity contribution in [3.63, 3.8) is 0 Å². The minimum absolute atomic E-state index is 0. The third-order valence-corrected chi connectivity index (χ3v) is 5.00. The van der Waals surface area contributed by atoms with Crippen LogP contribution in [0.15, 0.2) is 35.3 Å². The monoisotopic (exact) mass is 501 g/mol. The molecule has 0 spiro atoms. The molecule has 1 heterocycles. The van der Waals surface area contributed by atoms with E-state index in [1.165, 1.54) is 5.56 Å². The normalized spacial score (nSPS) is 20.0. The number of carbonyl (C=O) groups is 1. The average Bonchev–Trinajstić information content (AvgIpc) is 3.02. The Hall–Kier alpha value is -1.35. The van der Waals surface area contributed by atoms with Crippen molar-refractivity contribution < 1.29 is 4.79 Å². The summed E-state index contributed by atoms with van der Waals surface area (Å²) in [5, 5.41) is 9.70. The first-order valence-electron chi connectivity index (χ1n) is 10.1. The van der Waals surface area contributed by atoms with Crippen LogP contribution in [0, 0.1) is 5.92 Å². The lowest BCUT2D eigenvalue weighted by molar-refractivity contribution is -0.119. The highest BCUT2D eigenvalue weighted by Gasteiger charge is 2.31. The predicted molar refractivity (Wildman–Crippen MR) is 127 cm³/mol. The Kier molecular flexibility index (Phi) is 11.4. The van der Waals surface area contributed by atoms with Crippen molar-refractivity contribution >= 4 is 35.8 Å². The fourth-order valence-corrected chi connectivity index (χ4v) is 3.31. The lowest BCUT2D eigenvalue weighted by Crippen LogP contribution is -2.47. The Bertz CT molecular complexity index is 608. The number of nitrogens with zero attached hydrogens (tertiary/aromatic N) is 2. The zero-order valence-electron chi connectivity index (χ0n) is 17.6. The van der Waals surface area contributed by atoms with Gasteiger partial charge in [0.15, 0.2) is 5.96 Å². The summed E-state index contributed by atoms with van der Waals surface area (Å²) in [6, 6.07) is 11.1. The molecule has 2 atom stereocenters. The van der Waals surface area contributed by atoms with Crippen molar-refractivity contribution in [3.05, 3.63) is 35.9 Å². The second kappa shape index (κ2) is 13.0. The standard InChI is InChI=1S/C21H35N5O.HI/c1-5-22-21(25-19-15-26(16(2)3)14-17(19)4)24-13-20(27)23-12-11-18-9-7-6-8-10-18;/h6-10,16-17,19H,5,11-15H2,1-4H3,(H,23,27)(H2,22,24,25);1H. The van der Waals surface area contributed by atoms with Crippen LogP contribution in [0.4, 0.5) is 0 Å². The summed E-state index contributed by atoms with van der Waals surface area (Å²) in [7, 11) is 0. The van der Waals surface area contributed by atoms with Crippen molar-refractivity contribution in [2.24, 2.45) is 10.9 Å². The first-order valence-corrected chi connectivity index (χ1v) is 10.1. The summed E-state index contributed by atoms with van der Waals surface area (Å²) in [5.74, 6) is 1.22. The third kappa shape index (κ3) is 8.34. The van der Waals surface area contributed by atoms with Gasteiger partial charge in [0.05, 0.1) is 0 Å². The zero-order chi connectivity index (χ0) is 19.6. The Morgan fingerprint density at radius 2 is 1.93 bits per heavy atom. The third-order valence-electron chi connectivity index (χ3n) is 5.00. The molecule has 2 unspecified atom stereocenters. The highest BCUT2D eigenvalue weighted by atomic mass is 127. The van der Waals surface area contributed by atoms with E-state index in [9.17, 15) is 4.79 Å². The summed E-state index contributed by atoms with van der Waals surface area (Å²) in [4.78, 5) is 19.0. The molecule has 158 valence electrons. The molecule has 1 aromatic rings. The van der Waals surface area contributed by atoms with Gasteiger partial charge in [-0.1, -0.05) is 37.3 Å². The number of halogens is 1. The second-order valence-electron chi connectivity index (χ2n) is 7.56. The minimum Gasteiger partial charge on any atom is -0.357 e. The first-order chi connectivity index (χ1) is 13.0. The highest BCUT2D eigenvalue weighted by molar-refractivity contribution is 14.0. The van der Waals surface area contributed by atoms with Gasteiger partial charge in [0.1, 0.15) is 6.54 Å². The van der Waals surface area contributed by atoms with E-state index < -0.39 is 0 Å². The molecule has 0 aromatic heterocycles. The molecule has 0 aliphatic carbocycles. The van der Waals surface area contributed by atoms with Crippen LogP contribution in [0.3, 0.4) is 0 Å². The number of guanidine groups is 1. The number of hydrogen-bond acceptors (Lipinski definition) is 3. The van der Waals surface area contributed by atoms with Gasteiger partial charge < -0.3 is 16.0 Å². The van der Waals surface area contributed by atoms with E-state index in [0.717, 1.165) is 32.0 Å². The largest absolute Gasteiger partial charge is 0.357 e. The summed E-state index contributed by atoms with van der Waals surface area (Å²) >= 11 is 0. The lowest BCUT2D eigenvalue weighted by Gasteiger charge is -2.21. The molecule has 1 amide bonds. The van der Waals surface area contributed by atoms with E-state index in [2.05, 4.69) is 58.7 Å². The van der Waals surface area contributed by atoms with E-state index in [-0.39, 0.29) is 36.4 Å². The van der Waals surface area contributed by atoms with Crippen LogP contribution in [-0.4, -0.2) is 61.6 Å². The number of rotatable bonds is 8. The van der Waals surface area contributed by atoms with Gasteiger partial charge in [-0.2, -0.15) is 0 Å². The highest BCUT2D eigenvalue weighted by Crippen LogP contribution is 2.18. The van der Waals surface area contributed by atoms with Gasteiger partial charge >= 0.3 is 0 Å². The number of nitrogens with one attached hydrogen (secondary N) is 3.